The highest BCUT2D eigenvalue weighted by atomic mass is 16.2. The number of anilines is 4. The number of nitrogens with zero attached hydrogens (tertiary/aromatic N) is 6. The van der Waals surface area contributed by atoms with Gasteiger partial charge in [-0.25, -0.2) is 14.8 Å². The standard InChI is InChI=1S/C22H29N9O/c1-22(14-23)7-9-29(10-8-22)17-13-25-18-19(26-17)27-28-20(18)30-11-12-31(21(32)24-2)16-6-4-3-5-15(16)30/h3-6,13H,7-12,14,23H2,1-2H3,(H,24,32)(H,26,27,28). The van der Waals surface area contributed by atoms with Crippen molar-refractivity contribution in [3.63, 3.8) is 0 Å². The molecule has 0 bridgehead atoms. The molecule has 0 atom stereocenters. The first-order chi connectivity index (χ1) is 15.5. The average Bonchev–Trinajstić information content (AvgIpc) is 3.26. The summed E-state index contributed by atoms with van der Waals surface area (Å²) in [6.07, 6.45) is 3.92. The van der Waals surface area contributed by atoms with Crippen LogP contribution in [0.15, 0.2) is 30.5 Å². The molecule has 4 N–H and O–H groups in total. The molecule has 0 saturated carbocycles. The van der Waals surface area contributed by atoms with Crippen LogP contribution in [-0.4, -0.2) is 66.0 Å². The van der Waals surface area contributed by atoms with E-state index in [1.54, 1.807) is 11.9 Å². The number of piperidine rings is 1. The molecule has 0 aliphatic carbocycles. The Morgan fingerprint density at radius 1 is 1.19 bits per heavy atom. The molecule has 10 nitrogen and oxygen atoms in total. The number of aromatic amines is 1. The molecule has 2 amide bonds. The molecule has 2 aromatic heterocycles. The number of para-hydroxylation sites is 2. The number of H-pyrrole nitrogens is 1. The van der Waals surface area contributed by atoms with Gasteiger partial charge in [0.15, 0.2) is 17.0 Å². The van der Waals surface area contributed by atoms with Gasteiger partial charge in [0.25, 0.3) is 0 Å². The van der Waals surface area contributed by atoms with Gasteiger partial charge in [-0.3, -0.25) is 10.00 Å². The number of amides is 2. The van der Waals surface area contributed by atoms with Crippen molar-refractivity contribution in [2.24, 2.45) is 11.1 Å². The first-order valence-electron chi connectivity index (χ1n) is 11.0. The van der Waals surface area contributed by atoms with Gasteiger partial charge >= 0.3 is 6.03 Å². The summed E-state index contributed by atoms with van der Waals surface area (Å²) in [7, 11) is 1.64. The van der Waals surface area contributed by atoms with Crippen LogP contribution in [0.2, 0.25) is 0 Å². The maximum absolute atomic E-state index is 12.3. The van der Waals surface area contributed by atoms with Gasteiger partial charge in [-0.15, -0.1) is 0 Å². The summed E-state index contributed by atoms with van der Waals surface area (Å²) in [4.78, 5) is 28.0. The number of hydrogen-bond acceptors (Lipinski definition) is 7. The Hall–Kier alpha value is -3.40. The van der Waals surface area contributed by atoms with E-state index in [9.17, 15) is 4.79 Å². The molecule has 3 aromatic rings. The van der Waals surface area contributed by atoms with E-state index in [1.165, 1.54) is 0 Å². The molecular weight excluding hydrogens is 406 g/mol. The fraction of sp³-hybridized carbons (Fsp3) is 0.455. The van der Waals surface area contributed by atoms with Crippen LogP contribution in [0.5, 0.6) is 0 Å². The van der Waals surface area contributed by atoms with Gasteiger partial charge < -0.3 is 20.9 Å². The first-order valence-corrected chi connectivity index (χ1v) is 11.0. The number of fused-ring (bicyclic) bond motifs is 2. The van der Waals surface area contributed by atoms with E-state index in [1.807, 2.05) is 30.5 Å². The van der Waals surface area contributed by atoms with E-state index in [0.717, 1.165) is 54.5 Å². The van der Waals surface area contributed by atoms with Crippen LogP contribution in [0, 0.1) is 5.41 Å². The number of benzene rings is 1. The molecule has 0 radical (unpaired) electrons. The molecule has 1 fully saturated rings. The van der Waals surface area contributed by atoms with Gasteiger partial charge in [0.1, 0.15) is 5.82 Å². The van der Waals surface area contributed by atoms with E-state index < -0.39 is 0 Å². The number of aromatic nitrogens is 4. The summed E-state index contributed by atoms with van der Waals surface area (Å²) in [5.74, 6) is 1.58. The minimum Gasteiger partial charge on any atom is -0.355 e. The van der Waals surface area contributed by atoms with Crippen molar-refractivity contribution in [1.29, 1.82) is 0 Å². The van der Waals surface area contributed by atoms with Crippen LogP contribution in [0.25, 0.3) is 11.2 Å². The van der Waals surface area contributed by atoms with Crippen LogP contribution < -0.4 is 25.8 Å². The minimum absolute atomic E-state index is 0.124. The Kier molecular flexibility index (Phi) is 5.09. The summed E-state index contributed by atoms with van der Waals surface area (Å²) < 4.78 is 0. The average molecular weight is 436 g/mol. The fourth-order valence-electron chi connectivity index (χ4n) is 4.53. The fourth-order valence-corrected chi connectivity index (χ4v) is 4.53. The van der Waals surface area contributed by atoms with Gasteiger partial charge in [-0.2, -0.15) is 5.10 Å². The van der Waals surface area contributed by atoms with Crippen LogP contribution in [0.1, 0.15) is 19.8 Å². The van der Waals surface area contributed by atoms with Crippen molar-refractivity contribution in [3.8, 4) is 0 Å². The summed E-state index contributed by atoms with van der Waals surface area (Å²) in [5.41, 5.74) is 9.30. The van der Waals surface area contributed by atoms with Crippen molar-refractivity contribution in [2.45, 2.75) is 19.8 Å². The van der Waals surface area contributed by atoms with Crippen molar-refractivity contribution in [1.82, 2.24) is 25.5 Å². The summed E-state index contributed by atoms with van der Waals surface area (Å²) in [6.45, 7) is 5.96. The van der Waals surface area contributed by atoms with Crippen LogP contribution in [-0.2, 0) is 0 Å². The van der Waals surface area contributed by atoms with Crippen LogP contribution in [0.4, 0.5) is 27.8 Å². The quantitative estimate of drug-likeness (QED) is 0.577. The first kappa shape index (κ1) is 20.5. The van der Waals surface area contributed by atoms with Gasteiger partial charge in [0.2, 0.25) is 0 Å². The molecule has 0 spiro atoms. The maximum atomic E-state index is 12.3. The van der Waals surface area contributed by atoms with Gasteiger partial charge in [-0.05, 0) is 36.9 Å². The molecular formula is C22H29N9O. The highest BCUT2D eigenvalue weighted by molar-refractivity contribution is 5.99. The largest absolute Gasteiger partial charge is 0.355 e. The molecule has 5 rings (SSSR count). The highest BCUT2D eigenvalue weighted by Gasteiger charge is 2.31. The number of carbonyl (C=O) groups is 1. The number of carbonyl (C=O) groups excluding carboxylic acids is 1. The maximum Gasteiger partial charge on any atom is 0.321 e. The van der Waals surface area contributed by atoms with E-state index in [2.05, 4.69) is 32.2 Å². The third-order valence-electron chi connectivity index (χ3n) is 6.75. The van der Waals surface area contributed by atoms with Crippen LogP contribution in [0.3, 0.4) is 0 Å². The molecule has 4 heterocycles. The summed E-state index contributed by atoms with van der Waals surface area (Å²) in [5, 5.41) is 10.3. The zero-order valence-electron chi connectivity index (χ0n) is 18.5. The lowest BCUT2D eigenvalue weighted by Gasteiger charge is -2.39. The lowest BCUT2D eigenvalue weighted by molar-refractivity contribution is 0.248. The SMILES string of the molecule is CNC(=O)N1CCN(c2n[nH]c3nc(N4CCC(C)(CN)CC4)cnc23)c2ccccc21. The lowest BCUT2D eigenvalue weighted by Crippen LogP contribution is -2.46. The van der Waals surface area contributed by atoms with E-state index >= 15 is 0 Å². The second-order valence-electron chi connectivity index (χ2n) is 8.82. The van der Waals surface area contributed by atoms with Crippen molar-refractivity contribution < 1.29 is 4.79 Å². The van der Waals surface area contributed by atoms with Crippen molar-refractivity contribution in [3.05, 3.63) is 30.5 Å². The molecule has 1 saturated heterocycles. The molecule has 32 heavy (non-hydrogen) atoms. The monoisotopic (exact) mass is 435 g/mol. The second-order valence-corrected chi connectivity index (χ2v) is 8.82. The number of urea groups is 1. The molecule has 10 heteroatoms. The third kappa shape index (κ3) is 3.40. The number of nitrogens with two attached hydrogens (primary N) is 1. The molecule has 1 aromatic carbocycles. The minimum atomic E-state index is -0.124. The topological polar surface area (TPSA) is 119 Å². The molecule has 2 aliphatic rings. The van der Waals surface area contributed by atoms with Crippen molar-refractivity contribution >= 4 is 40.2 Å². The smallest absolute Gasteiger partial charge is 0.321 e. The number of hydrogen-bond donors (Lipinski definition) is 3. The Labute approximate surface area is 186 Å². The lowest BCUT2D eigenvalue weighted by atomic mass is 9.80. The Bertz CT molecular complexity index is 1140. The predicted molar refractivity (Wildman–Crippen MR) is 126 cm³/mol. The Balaban J connectivity index is 1.44. The van der Waals surface area contributed by atoms with Gasteiger partial charge in [0, 0.05) is 33.2 Å². The molecule has 168 valence electrons. The predicted octanol–water partition coefficient (Wildman–Crippen LogP) is 2.22. The van der Waals surface area contributed by atoms with E-state index in [4.69, 9.17) is 15.7 Å². The number of rotatable bonds is 3. The molecule has 2 aliphatic heterocycles. The Morgan fingerprint density at radius 2 is 1.94 bits per heavy atom. The van der Waals surface area contributed by atoms with Gasteiger partial charge in [-0.1, -0.05) is 19.1 Å². The van der Waals surface area contributed by atoms with Crippen molar-refractivity contribution in [2.75, 3.05) is 54.5 Å². The number of nitrogens with one attached hydrogen (secondary N) is 2. The molecule has 0 unspecified atom stereocenters. The zero-order valence-corrected chi connectivity index (χ0v) is 18.5. The van der Waals surface area contributed by atoms with E-state index in [0.29, 0.717) is 25.3 Å². The van der Waals surface area contributed by atoms with Crippen LogP contribution >= 0.6 is 0 Å². The third-order valence-corrected chi connectivity index (χ3v) is 6.75. The van der Waals surface area contributed by atoms with Gasteiger partial charge in [0.05, 0.1) is 17.6 Å². The Morgan fingerprint density at radius 3 is 2.66 bits per heavy atom. The zero-order chi connectivity index (χ0) is 22.3. The summed E-state index contributed by atoms with van der Waals surface area (Å²) in [6, 6.07) is 7.71. The summed E-state index contributed by atoms with van der Waals surface area (Å²) >= 11 is 0. The second kappa shape index (κ2) is 7.94. The normalized spacial score (nSPS) is 18.0. The van der Waals surface area contributed by atoms with E-state index in [-0.39, 0.29) is 11.4 Å². The highest BCUT2D eigenvalue weighted by Crippen LogP contribution is 2.39.